The van der Waals surface area contributed by atoms with Gasteiger partial charge in [-0.25, -0.2) is 0 Å². The summed E-state index contributed by atoms with van der Waals surface area (Å²) in [5.74, 6) is 0.1000. The van der Waals surface area contributed by atoms with Crippen molar-refractivity contribution in [3.63, 3.8) is 0 Å². The van der Waals surface area contributed by atoms with Crippen LogP contribution in [0.2, 0.25) is 0 Å². The first kappa shape index (κ1) is 14.3. The van der Waals surface area contributed by atoms with Crippen molar-refractivity contribution in [1.82, 2.24) is 9.88 Å². The number of hydrogen-bond acceptors (Lipinski definition) is 4. The van der Waals surface area contributed by atoms with Gasteiger partial charge in [0.05, 0.1) is 17.4 Å². The van der Waals surface area contributed by atoms with Gasteiger partial charge in [-0.15, -0.1) is 0 Å². The largest absolute Gasteiger partial charge is 0.381 e. The molecule has 0 saturated carbocycles. The van der Waals surface area contributed by atoms with Crippen LogP contribution in [0, 0.1) is 0 Å². The summed E-state index contributed by atoms with van der Waals surface area (Å²) in [6.07, 6.45) is 9.39. The summed E-state index contributed by atoms with van der Waals surface area (Å²) in [4.78, 5) is 18.6. The molecule has 114 valence electrons. The molecule has 1 atom stereocenters. The first-order valence-electron chi connectivity index (χ1n) is 7.93. The molecular weight excluding hydrogens is 266 g/mol. The van der Waals surface area contributed by atoms with Gasteiger partial charge in [0.25, 0.3) is 5.91 Å². The maximum Gasteiger partial charge on any atom is 0.255 e. The van der Waals surface area contributed by atoms with Gasteiger partial charge in [0.2, 0.25) is 0 Å². The Morgan fingerprint density at radius 2 is 2.14 bits per heavy atom. The number of nitrogens with one attached hydrogen (secondary N) is 1. The van der Waals surface area contributed by atoms with Crippen LogP contribution in [-0.4, -0.2) is 48.1 Å². The van der Waals surface area contributed by atoms with Crippen LogP contribution in [0.5, 0.6) is 0 Å². The van der Waals surface area contributed by atoms with Crippen molar-refractivity contribution in [3.8, 4) is 0 Å². The minimum absolute atomic E-state index is 0.1000. The Balaban J connectivity index is 1.60. The molecule has 0 aliphatic carbocycles. The summed E-state index contributed by atoms with van der Waals surface area (Å²) in [5.41, 5.74) is 1.57. The summed E-state index contributed by atoms with van der Waals surface area (Å²) < 4.78 is 5.59. The molecule has 0 aromatic carbocycles. The quantitative estimate of drug-likeness (QED) is 0.924. The number of likely N-dealkylation sites (tertiary alicyclic amines) is 1. The van der Waals surface area contributed by atoms with Crippen LogP contribution in [0.3, 0.4) is 0 Å². The van der Waals surface area contributed by atoms with Crippen molar-refractivity contribution in [2.24, 2.45) is 0 Å². The minimum Gasteiger partial charge on any atom is -0.381 e. The number of aromatic nitrogens is 1. The Morgan fingerprint density at radius 1 is 1.29 bits per heavy atom. The fourth-order valence-electron chi connectivity index (χ4n) is 2.97. The van der Waals surface area contributed by atoms with Gasteiger partial charge in [-0.05, 0) is 38.2 Å². The first-order valence-corrected chi connectivity index (χ1v) is 7.93. The van der Waals surface area contributed by atoms with Gasteiger partial charge in [-0.1, -0.05) is 0 Å². The molecule has 1 aromatic heterocycles. The van der Waals surface area contributed by atoms with E-state index < -0.39 is 0 Å². The molecule has 5 heteroatoms. The SMILES string of the molecule is O=C(c1cncc(NCC2CCCO2)c1)N1CCCCC1. The fourth-order valence-corrected chi connectivity index (χ4v) is 2.97. The van der Waals surface area contributed by atoms with Crippen LogP contribution in [0.15, 0.2) is 18.5 Å². The second-order valence-electron chi connectivity index (χ2n) is 5.83. The van der Waals surface area contributed by atoms with E-state index in [0.717, 1.165) is 57.6 Å². The lowest BCUT2D eigenvalue weighted by molar-refractivity contribution is 0.0724. The maximum atomic E-state index is 12.4. The lowest BCUT2D eigenvalue weighted by atomic mass is 10.1. The second-order valence-corrected chi connectivity index (χ2v) is 5.83. The van der Waals surface area contributed by atoms with E-state index in [-0.39, 0.29) is 12.0 Å². The fraction of sp³-hybridized carbons (Fsp3) is 0.625. The molecule has 0 spiro atoms. The standard InChI is InChI=1S/C16H23N3O2/c20-16(19-6-2-1-3-7-19)13-9-14(11-17-10-13)18-12-15-5-4-8-21-15/h9-11,15,18H,1-8,12H2. The zero-order valence-corrected chi connectivity index (χ0v) is 12.4. The van der Waals surface area contributed by atoms with E-state index in [1.807, 2.05) is 11.0 Å². The van der Waals surface area contributed by atoms with Crippen molar-refractivity contribution in [2.75, 3.05) is 31.6 Å². The van der Waals surface area contributed by atoms with E-state index in [2.05, 4.69) is 10.3 Å². The Morgan fingerprint density at radius 3 is 2.90 bits per heavy atom. The topological polar surface area (TPSA) is 54.5 Å². The van der Waals surface area contributed by atoms with Crippen molar-refractivity contribution >= 4 is 11.6 Å². The number of amides is 1. The van der Waals surface area contributed by atoms with Gasteiger partial charge in [0.15, 0.2) is 0 Å². The molecule has 1 unspecified atom stereocenters. The molecule has 0 radical (unpaired) electrons. The number of piperidine rings is 1. The van der Waals surface area contributed by atoms with Crippen molar-refractivity contribution < 1.29 is 9.53 Å². The van der Waals surface area contributed by atoms with E-state index in [1.165, 1.54) is 6.42 Å². The Bertz CT molecular complexity index is 480. The molecule has 5 nitrogen and oxygen atoms in total. The molecule has 3 heterocycles. The van der Waals surface area contributed by atoms with E-state index in [0.29, 0.717) is 5.56 Å². The Labute approximate surface area is 125 Å². The number of carbonyl (C=O) groups is 1. The van der Waals surface area contributed by atoms with Gasteiger partial charge >= 0.3 is 0 Å². The summed E-state index contributed by atoms with van der Waals surface area (Å²) in [5, 5.41) is 3.33. The lowest BCUT2D eigenvalue weighted by Gasteiger charge is -2.26. The zero-order valence-electron chi connectivity index (χ0n) is 12.4. The van der Waals surface area contributed by atoms with Crippen LogP contribution < -0.4 is 5.32 Å². The second kappa shape index (κ2) is 6.89. The molecule has 21 heavy (non-hydrogen) atoms. The monoisotopic (exact) mass is 289 g/mol. The smallest absolute Gasteiger partial charge is 0.255 e. The van der Waals surface area contributed by atoms with E-state index in [1.54, 1.807) is 12.4 Å². The molecular formula is C16H23N3O2. The molecule has 1 amide bonds. The Hall–Kier alpha value is -1.62. The molecule has 1 N–H and O–H groups in total. The number of carbonyl (C=O) groups excluding carboxylic acids is 1. The third-order valence-electron chi connectivity index (χ3n) is 4.19. The van der Waals surface area contributed by atoms with Crippen LogP contribution in [0.4, 0.5) is 5.69 Å². The molecule has 2 aliphatic heterocycles. The van der Waals surface area contributed by atoms with Gasteiger partial charge in [-0.3, -0.25) is 9.78 Å². The first-order chi connectivity index (χ1) is 10.3. The highest BCUT2D eigenvalue weighted by atomic mass is 16.5. The average molecular weight is 289 g/mol. The van der Waals surface area contributed by atoms with Crippen molar-refractivity contribution in [2.45, 2.75) is 38.2 Å². The van der Waals surface area contributed by atoms with Crippen LogP contribution >= 0.6 is 0 Å². The van der Waals surface area contributed by atoms with Gasteiger partial charge < -0.3 is 15.0 Å². The summed E-state index contributed by atoms with van der Waals surface area (Å²) in [7, 11) is 0. The number of pyridine rings is 1. The van der Waals surface area contributed by atoms with Crippen LogP contribution in [-0.2, 0) is 4.74 Å². The molecule has 1 aromatic rings. The highest BCUT2D eigenvalue weighted by molar-refractivity contribution is 5.94. The van der Waals surface area contributed by atoms with E-state index in [9.17, 15) is 4.79 Å². The Kier molecular flexibility index (Phi) is 4.70. The van der Waals surface area contributed by atoms with Crippen LogP contribution in [0.25, 0.3) is 0 Å². The minimum atomic E-state index is 0.1000. The van der Waals surface area contributed by atoms with Crippen molar-refractivity contribution in [1.29, 1.82) is 0 Å². The molecule has 2 saturated heterocycles. The number of nitrogens with zero attached hydrogens (tertiary/aromatic N) is 2. The summed E-state index contributed by atoms with van der Waals surface area (Å²) in [6.45, 7) is 3.37. The van der Waals surface area contributed by atoms with Crippen molar-refractivity contribution in [3.05, 3.63) is 24.0 Å². The van der Waals surface area contributed by atoms with Crippen LogP contribution in [0.1, 0.15) is 42.5 Å². The maximum absolute atomic E-state index is 12.4. The average Bonchev–Trinajstić information content (AvgIpc) is 3.07. The number of anilines is 1. The number of hydrogen-bond donors (Lipinski definition) is 1. The molecule has 2 fully saturated rings. The predicted octanol–water partition coefficient (Wildman–Crippen LogP) is 2.30. The number of ether oxygens (including phenoxy) is 1. The third-order valence-corrected chi connectivity index (χ3v) is 4.19. The van der Waals surface area contributed by atoms with Gasteiger partial charge in [0, 0.05) is 38.6 Å². The third kappa shape index (κ3) is 3.73. The van der Waals surface area contributed by atoms with E-state index in [4.69, 9.17) is 4.74 Å². The number of rotatable bonds is 4. The molecule has 0 bridgehead atoms. The predicted molar refractivity (Wildman–Crippen MR) is 81.5 cm³/mol. The summed E-state index contributed by atoms with van der Waals surface area (Å²) in [6, 6.07) is 1.90. The molecule has 2 aliphatic rings. The van der Waals surface area contributed by atoms with E-state index >= 15 is 0 Å². The molecule has 3 rings (SSSR count). The summed E-state index contributed by atoms with van der Waals surface area (Å²) >= 11 is 0. The van der Waals surface area contributed by atoms with Gasteiger partial charge in [-0.2, -0.15) is 0 Å². The lowest BCUT2D eigenvalue weighted by Crippen LogP contribution is -2.35. The zero-order chi connectivity index (χ0) is 14.5. The highest BCUT2D eigenvalue weighted by Crippen LogP contribution is 2.17. The highest BCUT2D eigenvalue weighted by Gasteiger charge is 2.19. The van der Waals surface area contributed by atoms with Gasteiger partial charge in [0.1, 0.15) is 0 Å². The normalized spacial score (nSPS) is 22.3.